The van der Waals surface area contributed by atoms with Crippen LogP contribution in [0.3, 0.4) is 0 Å². The first-order valence-corrected chi connectivity index (χ1v) is 6.00. The average Bonchev–Trinajstić information content (AvgIpc) is 2.36. The molecule has 0 spiro atoms. The van der Waals surface area contributed by atoms with Crippen LogP contribution in [0.2, 0.25) is 5.02 Å². The van der Waals surface area contributed by atoms with Gasteiger partial charge in [0.15, 0.2) is 6.10 Å². The van der Waals surface area contributed by atoms with E-state index in [4.69, 9.17) is 22.1 Å². The molecule has 0 aliphatic carbocycles. The predicted octanol–water partition coefficient (Wildman–Crippen LogP) is 1.82. The number of carbonyl (C=O) groups excluding carboxylic acids is 1. The van der Waals surface area contributed by atoms with Crippen molar-refractivity contribution in [1.29, 1.82) is 0 Å². The smallest absolute Gasteiger partial charge is 0.277 e. The van der Waals surface area contributed by atoms with Gasteiger partial charge < -0.3 is 15.8 Å². The number of nitrogens with one attached hydrogen (secondary N) is 1. The van der Waals surface area contributed by atoms with Gasteiger partial charge in [0.1, 0.15) is 5.75 Å². The number of rotatable bonds is 6. The van der Waals surface area contributed by atoms with Gasteiger partial charge in [0.05, 0.1) is 13.1 Å². The Balaban J connectivity index is 2.49. The van der Waals surface area contributed by atoms with Crippen LogP contribution in [0.4, 0.5) is 8.78 Å². The van der Waals surface area contributed by atoms with Crippen molar-refractivity contribution in [1.82, 2.24) is 5.32 Å². The van der Waals surface area contributed by atoms with Gasteiger partial charge in [0.2, 0.25) is 0 Å². The zero-order valence-corrected chi connectivity index (χ0v) is 11.1. The molecule has 4 nitrogen and oxygen atoms in total. The maximum Gasteiger partial charge on any atom is 0.277 e. The molecule has 1 rings (SSSR count). The maximum absolute atomic E-state index is 12.9. The number of hydrogen-bond acceptors (Lipinski definition) is 3. The quantitative estimate of drug-likeness (QED) is 0.840. The van der Waals surface area contributed by atoms with E-state index < -0.39 is 31.0 Å². The average molecular weight is 293 g/mol. The van der Waals surface area contributed by atoms with Crippen molar-refractivity contribution in [3.05, 3.63) is 29.3 Å². The van der Waals surface area contributed by atoms with E-state index in [9.17, 15) is 13.6 Å². The molecule has 0 heterocycles. The number of ether oxygens (including phenoxy) is 1. The Morgan fingerprint density at radius 3 is 2.84 bits per heavy atom. The molecule has 0 saturated heterocycles. The van der Waals surface area contributed by atoms with E-state index in [0.717, 1.165) is 0 Å². The zero-order valence-electron chi connectivity index (χ0n) is 10.3. The number of benzene rings is 1. The van der Waals surface area contributed by atoms with Gasteiger partial charge in [0.25, 0.3) is 11.8 Å². The van der Waals surface area contributed by atoms with Gasteiger partial charge in [-0.05, 0) is 25.1 Å². The third-order valence-corrected chi connectivity index (χ3v) is 2.53. The summed E-state index contributed by atoms with van der Waals surface area (Å²) in [4.78, 5) is 11.6. The Hall–Kier alpha value is -1.40. The highest BCUT2D eigenvalue weighted by atomic mass is 35.5. The highest BCUT2D eigenvalue weighted by molar-refractivity contribution is 6.30. The zero-order chi connectivity index (χ0) is 14.5. The monoisotopic (exact) mass is 292 g/mol. The van der Waals surface area contributed by atoms with Crippen molar-refractivity contribution in [3.63, 3.8) is 0 Å². The number of hydrogen-bond donors (Lipinski definition) is 2. The second kappa shape index (κ2) is 6.68. The van der Waals surface area contributed by atoms with Crippen LogP contribution < -0.4 is 15.8 Å². The molecule has 3 N–H and O–H groups in total. The third-order valence-electron chi connectivity index (χ3n) is 2.30. The topological polar surface area (TPSA) is 64.3 Å². The van der Waals surface area contributed by atoms with E-state index in [2.05, 4.69) is 5.32 Å². The van der Waals surface area contributed by atoms with E-state index in [1.807, 2.05) is 0 Å². The first kappa shape index (κ1) is 15.7. The standard InChI is InChI=1S/C12H15ClF2N2O2/c1-8(11(18)17-7-12(14,15)6-16)19-10-4-2-3-9(13)5-10/h2-5,8H,6-7,16H2,1H3,(H,17,18). The van der Waals surface area contributed by atoms with E-state index in [-0.39, 0.29) is 0 Å². The molecular weight excluding hydrogens is 278 g/mol. The summed E-state index contributed by atoms with van der Waals surface area (Å²) in [5, 5.41) is 2.54. The minimum atomic E-state index is -3.12. The summed E-state index contributed by atoms with van der Waals surface area (Å²) >= 11 is 5.75. The SMILES string of the molecule is CC(Oc1cccc(Cl)c1)C(=O)NCC(F)(F)CN. The van der Waals surface area contributed by atoms with Gasteiger partial charge >= 0.3 is 0 Å². The van der Waals surface area contributed by atoms with Crippen molar-refractivity contribution in [2.45, 2.75) is 19.0 Å². The largest absolute Gasteiger partial charge is 0.481 e. The van der Waals surface area contributed by atoms with E-state index in [1.54, 1.807) is 18.2 Å². The number of alkyl halides is 2. The normalized spacial score (nSPS) is 12.9. The van der Waals surface area contributed by atoms with Gasteiger partial charge in [-0.1, -0.05) is 17.7 Å². The van der Waals surface area contributed by atoms with Crippen molar-refractivity contribution < 1.29 is 18.3 Å². The van der Waals surface area contributed by atoms with Crippen molar-refractivity contribution in [2.75, 3.05) is 13.1 Å². The fraction of sp³-hybridized carbons (Fsp3) is 0.417. The molecule has 0 bridgehead atoms. The van der Waals surface area contributed by atoms with E-state index in [1.165, 1.54) is 13.0 Å². The minimum Gasteiger partial charge on any atom is -0.481 e. The molecule has 0 saturated carbocycles. The van der Waals surface area contributed by atoms with E-state index >= 15 is 0 Å². The highest BCUT2D eigenvalue weighted by Crippen LogP contribution is 2.18. The summed E-state index contributed by atoms with van der Waals surface area (Å²) in [6.45, 7) is -0.181. The first-order valence-electron chi connectivity index (χ1n) is 5.62. The Kier molecular flexibility index (Phi) is 5.50. The molecule has 1 atom stereocenters. The Labute approximate surface area is 114 Å². The molecule has 19 heavy (non-hydrogen) atoms. The molecule has 1 unspecified atom stereocenters. The van der Waals surface area contributed by atoms with Crippen LogP contribution >= 0.6 is 11.6 Å². The summed E-state index contributed by atoms with van der Waals surface area (Å²) in [5.74, 6) is -3.38. The summed E-state index contributed by atoms with van der Waals surface area (Å²) in [7, 11) is 0. The van der Waals surface area contributed by atoms with Crippen LogP contribution in [0.15, 0.2) is 24.3 Å². The molecular formula is C12H15ClF2N2O2. The summed E-state index contributed by atoms with van der Waals surface area (Å²) < 4.78 is 31.0. The molecule has 0 aliphatic rings. The fourth-order valence-electron chi connectivity index (χ4n) is 1.23. The lowest BCUT2D eigenvalue weighted by molar-refractivity contribution is -0.129. The summed E-state index contributed by atoms with van der Waals surface area (Å²) in [6, 6.07) is 6.45. The first-order chi connectivity index (χ1) is 8.84. The van der Waals surface area contributed by atoms with Crippen molar-refractivity contribution in [3.8, 4) is 5.75 Å². The fourth-order valence-corrected chi connectivity index (χ4v) is 1.41. The van der Waals surface area contributed by atoms with Gasteiger partial charge in [-0.2, -0.15) is 0 Å². The predicted molar refractivity (Wildman–Crippen MR) is 68.6 cm³/mol. The van der Waals surface area contributed by atoms with Gasteiger partial charge in [-0.15, -0.1) is 0 Å². The van der Waals surface area contributed by atoms with Gasteiger partial charge in [0, 0.05) is 5.02 Å². The number of amides is 1. The van der Waals surface area contributed by atoms with Crippen LogP contribution in [0, 0.1) is 0 Å². The van der Waals surface area contributed by atoms with Gasteiger partial charge in [-0.25, -0.2) is 8.78 Å². The van der Waals surface area contributed by atoms with Crippen molar-refractivity contribution in [2.24, 2.45) is 5.73 Å². The lowest BCUT2D eigenvalue weighted by atomic mass is 10.3. The lowest BCUT2D eigenvalue weighted by Gasteiger charge is -2.18. The third kappa shape index (κ3) is 5.40. The molecule has 1 aromatic rings. The Morgan fingerprint density at radius 2 is 2.26 bits per heavy atom. The van der Waals surface area contributed by atoms with Crippen LogP contribution in [-0.2, 0) is 4.79 Å². The number of nitrogens with two attached hydrogens (primary N) is 1. The second-order valence-corrected chi connectivity index (χ2v) is 4.43. The van der Waals surface area contributed by atoms with Crippen LogP contribution in [0.1, 0.15) is 6.92 Å². The van der Waals surface area contributed by atoms with E-state index in [0.29, 0.717) is 10.8 Å². The lowest BCUT2D eigenvalue weighted by Crippen LogP contribution is -2.45. The molecule has 0 aliphatic heterocycles. The molecule has 1 amide bonds. The van der Waals surface area contributed by atoms with Gasteiger partial charge in [-0.3, -0.25) is 4.79 Å². The molecule has 106 valence electrons. The summed E-state index contributed by atoms with van der Waals surface area (Å²) in [5.41, 5.74) is 4.86. The molecule has 7 heteroatoms. The highest BCUT2D eigenvalue weighted by Gasteiger charge is 2.28. The van der Waals surface area contributed by atoms with Crippen molar-refractivity contribution >= 4 is 17.5 Å². The summed E-state index contributed by atoms with van der Waals surface area (Å²) in [6.07, 6.45) is -0.910. The second-order valence-electron chi connectivity index (χ2n) is 4.00. The molecule has 0 fully saturated rings. The van der Waals surface area contributed by atoms with Crippen LogP contribution in [0.5, 0.6) is 5.75 Å². The molecule has 0 aromatic heterocycles. The number of halogens is 3. The van der Waals surface area contributed by atoms with Crippen LogP contribution in [0.25, 0.3) is 0 Å². The molecule has 0 radical (unpaired) electrons. The number of carbonyl (C=O) groups is 1. The molecule has 1 aromatic carbocycles. The minimum absolute atomic E-state index is 0.390. The maximum atomic E-state index is 12.9. The Morgan fingerprint density at radius 1 is 1.58 bits per heavy atom. The van der Waals surface area contributed by atoms with Crippen LogP contribution in [-0.4, -0.2) is 31.0 Å². The Bertz CT molecular complexity index is 443.